The van der Waals surface area contributed by atoms with Gasteiger partial charge >= 0.3 is 0 Å². The Hall–Kier alpha value is -0.380. The minimum atomic E-state index is 0.610. The Morgan fingerprint density at radius 2 is 2.50 bits per heavy atom. The van der Waals surface area contributed by atoms with Gasteiger partial charge in [0.1, 0.15) is 5.84 Å². The van der Waals surface area contributed by atoms with E-state index in [-0.39, 0.29) is 0 Å². The maximum absolute atomic E-state index is 4.76. The van der Waals surface area contributed by atoms with Crippen LogP contribution in [0.1, 0.15) is 6.92 Å². The van der Waals surface area contributed by atoms with E-state index in [1.54, 1.807) is 6.92 Å². The van der Waals surface area contributed by atoms with Crippen molar-refractivity contribution >= 4 is 18.7 Å². The molecule has 0 aromatic rings. The van der Waals surface area contributed by atoms with E-state index in [9.17, 15) is 0 Å². The first-order valence-electron chi connectivity index (χ1n) is 1.46. The largest absolute Gasteiger partial charge is 0.322 e. The van der Waals surface area contributed by atoms with Crippen LogP contribution in [0.25, 0.3) is 0 Å². The van der Waals surface area contributed by atoms with E-state index < -0.39 is 0 Å². The zero-order valence-corrected chi connectivity index (χ0v) is 4.37. The third-order valence-electron chi connectivity index (χ3n) is 0.355. The minimum absolute atomic E-state index is 0.610. The smallest absolute Gasteiger partial charge is 0.128 e. The SMILES string of the molecule is CC(=NN)NS. The molecule has 0 aromatic carbocycles. The lowest BCUT2D eigenvalue weighted by Crippen LogP contribution is -2.09. The van der Waals surface area contributed by atoms with E-state index in [1.165, 1.54) is 0 Å². The van der Waals surface area contributed by atoms with Crippen molar-refractivity contribution in [2.75, 3.05) is 0 Å². The molecule has 0 aliphatic rings. The van der Waals surface area contributed by atoms with Crippen molar-refractivity contribution < 1.29 is 0 Å². The van der Waals surface area contributed by atoms with Crippen molar-refractivity contribution in [2.45, 2.75) is 6.92 Å². The maximum Gasteiger partial charge on any atom is 0.128 e. The second-order valence-electron chi connectivity index (χ2n) is 0.826. The van der Waals surface area contributed by atoms with Gasteiger partial charge in [0.2, 0.25) is 0 Å². The molecule has 0 radical (unpaired) electrons. The van der Waals surface area contributed by atoms with Gasteiger partial charge in [-0.15, -0.1) is 0 Å². The van der Waals surface area contributed by atoms with Crippen LogP contribution in [-0.4, -0.2) is 5.84 Å². The number of nitrogens with two attached hydrogens (primary N) is 1. The molecule has 0 rings (SSSR count). The molecule has 0 saturated carbocycles. The average molecular weight is 105 g/mol. The summed E-state index contributed by atoms with van der Waals surface area (Å²) in [5.74, 6) is 5.37. The standard InChI is InChI=1S/C2H7N3S/c1-2(4-3)5-6/h6H,3H2,1H3,(H,4,5). The van der Waals surface area contributed by atoms with Gasteiger partial charge in [0.05, 0.1) is 0 Å². The van der Waals surface area contributed by atoms with Crippen molar-refractivity contribution in [1.82, 2.24) is 4.72 Å². The van der Waals surface area contributed by atoms with Crippen LogP contribution in [0.4, 0.5) is 0 Å². The Kier molecular flexibility index (Phi) is 2.66. The molecule has 3 nitrogen and oxygen atoms in total. The first-order chi connectivity index (χ1) is 2.81. The molecule has 0 heterocycles. The maximum atomic E-state index is 4.76. The Labute approximate surface area is 42.1 Å². The van der Waals surface area contributed by atoms with Gasteiger partial charge < -0.3 is 10.6 Å². The second-order valence-corrected chi connectivity index (χ2v) is 1.05. The number of hydrazone groups is 1. The average Bonchev–Trinajstić information content (AvgIpc) is 1.65. The number of nitrogens with one attached hydrogen (secondary N) is 1. The zero-order chi connectivity index (χ0) is 4.99. The zero-order valence-electron chi connectivity index (χ0n) is 3.47. The van der Waals surface area contributed by atoms with E-state index >= 15 is 0 Å². The van der Waals surface area contributed by atoms with Crippen LogP contribution in [0, 0.1) is 0 Å². The van der Waals surface area contributed by atoms with E-state index in [2.05, 4.69) is 22.6 Å². The van der Waals surface area contributed by atoms with Crippen LogP contribution >= 0.6 is 12.8 Å². The molecule has 0 aliphatic heterocycles. The number of thiol groups is 1. The number of hydrogen-bond donors (Lipinski definition) is 3. The first kappa shape index (κ1) is 5.62. The molecule has 0 saturated heterocycles. The Morgan fingerprint density at radius 1 is 2.00 bits per heavy atom. The molecule has 6 heavy (non-hydrogen) atoms. The molecule has 0 spiro atoms. The quantitative estimate of drug-likeness (QED) is 0.130. The Balaban J connectivity index is 3.22. The summed E-state index contributed by atoms with van der Waals surface area (Å²) < 4.78 is 2.43. The van der Waals surface area contributed by atoms with Crippen LogP contribution in [0.2, 0.25) is 0 Å². The Bertz CT molecular complexity index is 59.8. The Morgan fingerprint density at radius 3 is 2.50 bits per heavy atom. The summed E-state index contributed by atoms with van der Waals surface area (Å²) in [5, 5.41) is 3.24. The third-order valence-corrected chi connectivity index (χ3v) is 0.679. The second kappa shape index (κ2) is 2.84. The number of nitrogens with zero attached hydrogens (tertiary/aromatic N) is 1. The monoisotopic (exact) mass is 105 g/mol. The lowest BCUT2D eigenvalue weighted by molar-refractivity contribution is 1.21. The van der Waals surface area contributed by atoms with Gasteiger partial charge in [-0.2, -0.15) is 5.10 Å². The highest BCUT2D eigenvalue weighted by Gasteiger charge is 1.73. The fourth-order valence-electron chi connectivity index (χ4n) is 0.0289. The molecule has 0 amide bonds. The lowest BCUT2D eigenvalue weighted by Gasteiger charge is -1.87. The number of rotatable bonds is 0. The molecule has 36 valence electrons. The van der Waals surface area contributed by atoms with Crippen molar-refractivity contribution in [3.8, 4) is 0 Å². The summed E-state index contributed by atoms with van der Waals surface area (Å²) in [6.07, 6.45) is 0. The topological polar surface area (TPSA) is 50.4 Å². The molecule has 0 unspecified atom stereocenters. The van der Waals surface area contributed by atoms with E-state index in [0.29, 0.717) is 5.84 Å². The fourth-order valence-corrected chi connectivity index (χ4v) is 0.0866. The highest BCUT2D eigenvalue weighted by molar-refractivity contribution is 7.78. The summed E-state index contributed by atoms with van der Waals surface area (Å²) >= 11 is 3.63. The third kappa shape index (κ3) is 1.90. The van der Waals surface area contributed by atoms with E-state index in [1.807, 2.05) is 0 Å². The first-order valence-corrected chi connectivity index (χ1v) is 1.90. The molecular formula is C2H7N3S. The molecular weight excluding hydrogens is 98.1 g/mol. The normalized spacial score (nSPS) is 11.3. The molecule has 0 aromatic heterocycles. The summed E-state index contributed by atoms with van der Waals surface area (Å²) in [6, 6.07) is 0. The molecule has 3 N–H and O–H groups in total. The van der Waals surface area contributed by atoms with Crippen LogP contribution in [-0.2, 0) is 0 Å². The van der Waals surface area contributed by atoms with Gasteiger partial charge in [-0.3, -0.25) is 0 Å². The van der Waals surface area contributed by atoms with Gasteiger partial charge in [-0.25, -0.2) is 0 Å². The van der Waals surface area contributed by atoms with Crippen LogP contribution in [0.15, 0.2) is 5.10 Å². The minimum Gasteiger partial charge on any atom is -0.322 e. The summed E-state index contributed by atoms with van der Waals surface area (Å²) in [4.78, 5) is 0. The summed E-state index contributed by atoms with van der Waals surface area (Å²) in [6.45, 7) is 1.72. The molecule has 0 fully saturated rings. The highest BCUT2D eigenvalue weighted by Crippen LogP contribution is 1.63. The van der Waals surface area contributed by atoms with Gasteiger partial charge in [0.15, 0.2) is 0 Å². The van der Waals surface area contributed by atoms with Crippen LogP contribution in [0.5, 0.6) is 0 Å². The van der Waals surface area contributed by atoms with E-state index in [0.717, 1.165) is 0 Å². The molecule has 0 atom stereocenters. The van der Waals surface area contributed by atoms with Gasteiger partial charge in [-0.1, -0.05) is 12.8 Å². The van der Waals surface area contributed by atoms with Crippen LogP contribution in [0.3, 0.4) is 0 Å². The fraction of sp³-hybridized carbons (Fsp3) is 0.500. The van der Waals surface area contributed by atoms with E-state index in [4.69, 9.17) is 5.84 Å². The van der Waals surface area contributed by atoms with Crippen molar-refractivity contribution in [3.05, 3.63) is 0 Å². The van der Waals surface area contributed by atoms with Gasteiger partial charge in [0, 0.05) is 0 Å². The van der Waals surface area contributed by atoms with Crippen molar-refractivity contribution in [2.24, 2.45) is 10.9 Å². The predicted molar refractivity (Wildman–Crippen MR) is 29.4 cm³/mol. The molecule has 0 aliphatic carbocycles. The predicted octanol–water partition coefficient (Wildman–Crippen LogP) is -0.287. The highest BCUT2D eigenvalue weighted by atomic mass is 32.1. The lowest BCUT2D eigenvalue weighted by atomic mass is 10.7. The summed E-state index contributed by atoms with van der Waals surface area (Å²) in [7, 11) is 0. The molecule has 0 bridgehead atoms. The molecule has 4 heteroatoms. The van der Waals surface area contributed by atoms with Crippen molar-refractivity contribution in [1.29, 1.82) is 0 Å². The number of amidine groups is 1. The van der Waals surface area contributed by atoms with Gasteiger partial charge in [-0.05, 0) is 6.92 Å². The van der Waals surface area contributed by atoms with Gasteiger partial charge in [0.25, 0.3) is 0 Å². The summed E-state index contributed by atoms with van der Waals surface area (Å²) in [5.41, 5.74) is 0. The van der Waals surface area contributed by atoms with Crippen LogP contribution < -0.4 is 10.6 Å². The number of hydrogen-bond acceptors (Lipinski definition) is 3. The van der Waals surface area contributed by atoms with Crippen molar-refractivity contribution in [3.63, 3.8) is 0 Å².